The van der Waals surface area contributed by atoms with E-state index >= 15 is 0 Å². The van der Waals surface area contributed by atoms with Gasteiger partial charge in [0.15, 0.2) is 0 Å². The third-order valence-electron chi connectivity index (χ3n) is 9.49. The van der Waals surface area contributed by atoms with Gasteiger partial charge in [-0.15, -0.1) is 0 Å². The van der Waals surface area contributed by atoms with Crippen molar-refractivity contribution in [3.8, 4) is 0 Å². The lowest BCUT2D eigenvalue weighted by atomic mass is 9.43. The van der Waals surface area contributed by atoms with Crippen LogP contribution in [0.3, 0.4) is 0 Å². The molecule has 0 spiro atoms. The van der Waals surface area contributed by atoms with Crippen molar-refractivity contribution in [2.24, 2.45) is 17.3 Å². The number of benzene rings is 2. The maximum atomic E-state index is 13.5. The summed E-state index contributed by atoms with van der Waals surface area (Å²) in [6.07, 6.45) is 5.06. The summed E-state index contributed by atoms with van der Waals surface area (Å²) in [5, 5.41) is 6.82. The molecule has 6 nitrogen and oxygen atoms in total. The van der Waals surface area contributed by atoms with Crippen LogP contribution in [-0.4, -0.2) is 36.6 Å². The average molecular weight is 551 g/mol. The molecular weight excluding hydrogens is 511 g/mol. The molecule has 6 rings (SSSR count). The highest BCUT2D eigenvalue weighted by atomic mass is 35.5. The lowest BCUT2D eigenvalue weighted by molar-refractivity contribution is -0.199. The van der Waals surface area contributed by atoms with E-state index in [0.29, 0.717) is 22.4 Å². The molecule has 8 heteroatoms. The maximum absolute atomic E-state index is 13.5. The molecule has 0 radical (unpaired) electrons. The van der Waals surface area contributed by atoms with E-state index in [2.05, 4.69) is 38.3 Å². The maximum Gasteiger partial charge on any atom is 0.481 e. The lowest BCUT2D eigenvalue weighted by Gasteiger charge is -2.64. The number of hydrogen-bond donors (Lipinski definition) is 2. The van der Waals surface area contributed by atoms with Gasteiger partial charge in [-0.2, -0.15) is 0 Å². The van der Waals surface area contributed by atoms with Gasteiger partial charge in [-0.3, -0.25) is 9.59 Å². The number of halogens is 1. The Morgan fingerprint density at radius 2 is 1.85 bits per heavy atom. The molecule has 4 fully saturated rings. The summed E-state index contributed by atoms with van der Waals surface area (Å²) in [5.41, 5.74) is 1.24. The van der Waals surface area contributed by atoms with Gasteiger partial charge < -0.3 is 19.9 Å². The minimum Gasteiger partial charge on any atom is -0.404 e. The molecule has 2 amide bonds. The van der Waals surface area contributed by atoms with Gasteiger partial charge in [-0.05, 0) is 73.3 Å². The minimum absolute atomic E-state index is 0.0599. The Bertz CT molecular complexity index is 1190. The Morgan fingerprint density at radius 1 is 1.08 bits per heavy atom. The normalized spacial score (nSPS) is 28.1. The van der Waals surface area contributed by atoms with Crippen molar-refractivity contribution in [2.75, 3.05) is 0 Å². The van der Waals surface area contributed by atoms with E-state index in [9.17, 15) is 9.59 Å². The van der Waals surface area contributed by atoms with Crippen LogP contribution in [0.4, 0.5) is 0 Å². The van der Waals surface area contributed by atoms with E-state index in [-0.39, 0.29) is 41.3 Å². The summed E-state index contributed by atoms with van der Waals surface area (Å²) in [6, 6.07) is 15.8. The molecule has 3 aliphatic carbocycles. The van der Waals surface area contributed by atoms with Gasteiger partial charge in [0, 0.05) is 10.6 Å². The van der Waals surface area contributed by atoms with Crippen molar-refractivity contribution in [3.63, 3.8) is 0 Å². The van der Waals surface area contributed by atoms with Gasteiger partial charge in [0.2, 0.25) is 5.91 Å². The zero-order valence-corrected chi connectivity index (χ0v) is 24.2. The standard InChI is InChI=1S/C31H40BClN2O4/c1-5-6-15-27(32-38-26-18-22-17-25(30(22,2)3)31(26,4)39-32)35-28(36)19-24(21-13-10-14-23(33)16-21)34-29(37)20-11-8-7-9-12-20/h7-14,16,22,24-27H,5-6,15,17-19H2,1-4H3,(H,34,37)(H,35,36)/t22?,24?,25?,26-,27+,31+/m1/s1. The molecule has 4 aliphatic rings. The SMILES string of the molecule is CCCC[C@H](NC(=O)CC(NC(=O)c1ccccc1)c1cccc(Cl)c1)B1O[C@@H]2CC3CC(C3(C)C)[C@]2(C)O1. The van der Waals surface area contributed by atoms with Crippen LogP contribution in [0, 0.1) is 17.3 Å². The second-order valence-electron chi connectivity index (χ2n) is 12.3. The third kappa shape index (κ3) is 5.64. The van der Waals surface area contributed by atoms with Crippen LogP contribution in [0.5, 0.6) is 0 Å². The summed E-state index contributed by atoms with van der Waals surface area (Å²) in [7, 11) is -0.478. The van der Waals surface area contributed by atoms with Gasteiger partial charge >= 0.3 is 7.12 Å². The number of carbonyl (C=O) groups excluding carboxylic acids is 2. The predicted octanol–water partition coefficient (Wildman–Crippen LogP) is 6.14. The number of amides is 2. The van der Waals surface area contributed by atoms with Crippen molar-refractivity contribution in [2.45, 2.75) is 89.9 Å². The quantitative estimate of drug-likeness (QED) is 0.348. The zero-order chi connectivity index (χ0) is 27.8. The fraction of sp³-hybridized carbons (Fsp3) is 0.548. The first-order valence-corrected chi connectivity index (χ1v) is 14.7. The molecule has 2 bridgehead atoms. The number of rotatable bonds is 10. The molecule has 39 heavy (non-hydrogen) atoms. The molecule has 1 saturated heterocycles. The highest BCUT2D eigenvalue weighted by Crippen LogP contribution is 2.65. The fourth-order valence-electron chi connectivity index (χ4n) is 7.03. The first-order chi connectivity index (χ1) is 18.6. The van der Waals surface area contributed by atoms with Crippen molar-refractivity contribution >= 4 is 30.5 Å². The number of unbranched alkanes of at least 4 members (excludes halogenated alkanes) is 1. The van der Waals surface area contributed by atoms with E-state index < -0.39 is 13.2 Å². The monoisotopic (exact) mass is 550 g/mol. The third-order valence-corrected chi connectivity index (χ3v) is 9.73. The van der Waals surface area contributed by atoms with E-state index in [0.717, 1.165) is 31.2 Å². The molecule has 208 valence electrons. The smallest absolute Gasteiger partial charge is 0.404 e. The Labute approximate surface area is 237 Å². The highest BCUT2D eigenvalue weighted by Gasteiger charge is 2.68. The van der Waals surface area contributed by atoms with Crippen molar-refractivity contribution in [1.29, 1.82) is 0 Å². The number of hydrogen-bond acceptors (Lipinski definition) is 4. The zero-order valence-electron chi connectivity index (χ0n) is 23.4. The van der Waals surface area contributed by atoms with Crippen molar-refractivity contribution in [3.05, 3.63) is 70.7 Å². The van der Waals surface area contributed by atoms with E-state index in [1.54, 1.807) is 24.3 Å². The molecule has 2 N–H and O–H groups in total. The summed E-state index contributed by atoms with van der Waals surface area (Å²) in [6.45, 7) is 9.04. The Balaban J connectivity index is 1.30. The van der Waals surface area contributed by atoms with E-state index in [1.165, 1.54) is 6.42 Å². The largest absolute Gasteiger partial charge is 0.481 e. The molecule has 6 atom stereocenters. The van der Waals surface area contributed by atoms with Gasteiger partial charge in [0.1, 0.15) is 0 Å². The average Bonchev–Trinajstić information content (AvgIpc) is 3.28. The van der Waals surface area contributed by atoms with Crippen molar-refractivity contribution < 1.29 is 18.9 Å². The Hall–Kier alpha value is -2.35. The summed E-state index contributed by atoms with van der Waals surface area (Å²) in [5.74, 6) is 0.466. The lowest BCUT2D eigenvalue weighted by Crippen LogP contribution is -2.65. The van der Waals surface area contributed by atoms with Crippen LogP contribution < -0.4 is 10.6 Å². The van der Waals surface area contributed by atoms with Crippen molar-refractivity contribution in [1.82, 2.24) is 10.6 Å². The molecular formula is C31H40BClN2O4. The van der Waals surface area contributed by atoms with Gasteiger partial charge in [-0.25, -0.2) is 0 Å². The molecule has 1 heterocycles. The number of nitrogens with one attached hydrogen (secondary N) is 2. The predicted molar refractivity (Wildman–Crippen MR) is 154 cm³/mol. The minimum atomic E-state index is -0.540. The second kappa shape index (κ2) is 11.3. The molecule has 2 aromatic rings. The van der Waals surface area contributed by atoms with Crippen LogP contribution in [0.25, 0.3) is 0 Å². The molecule has 3 saturated carbocycles. The van der Waals surface area contributed by atoms with E-state index in [4.69, 9.17) is 20.9 Å². The topological polar surface area (TPSA) is 76.7 Å². The Kier molecular flexibility index (Phi) is 8.14. The first-order valence-electron chi connectivity index (χ1n) is 14.4. The Morgan fingerprint density at radius 3 is 2.54 bits per heavy atom. The van der Waals surface area contributed by atoms with Crippen LogP contribution >= 0.6 is 11.6 Å². The number of carbonyl (C=O) groups is 2. The highest BCUT2D eigenvalue weighted by molar-refractivity contribution is 6.47. The van der Waals surface area contributed by atoms with E-state index in [1.807, 2.05) is 30.3 Å². The van der Waals surface area contributed by atoms with Crippen LogP contribution in [0.2, 0.25) is 5.02 Å². The second-order valence-corrected chi connectivity index (χ2v) is 12.7. The van der Waals surface area contributed by atoms with Crippen LogP contribution in [-0.2, 0) is 14.1 Å². The first kappa shape index (κ1) is 28.2. The fourth-order valence-corrected chi connectivity index (χ4v) is 7.23. The summed E-state index contributed by atoms with van der Waals surface area (Å²) >= 11 is 6.27. The van der Waals surface area contributed by atoms with Gasteiger partial charge in [0.05, 0.1) is 30.1 Å². The summed E-state index contributed by atoms with van der Waals surface area (Å²) < 4.78 is 13.2. The molecule has 2 aromatic carbocycles. The summed E-state index contributed by atoms with van der Waals surface area (Å²) in [4.78, 5) is 26.5. The molecule has 0 aromatic heterocycles. The van der Waals surface area contributed by atoms with Gasteiger partial charge in [0.25, 0.3) is 5.91 Å². The van der Waals surface area contributed by atoms with Gasteiger partial charge in [-0.1, -0.05) is 75.5 Å². The molecule has 1 aliphatic heterocycles. The van der Waals surface area contributed by atoms with Crippen LogP contribution in [0.1, 0.15) is 88.2 Å². The molecule has 3 unspecified atom stereocenters. The van der Waals surface area contributed by atoms with Crippen LogP contribution in [0.15, 0.2) is 54.6 Å².